The van der Waals surface area contributed by atoms with Gasteiger partial charge in [0.15, 0.2) is 0 Å². The number of aromatic nitrogens is 1. The number of benzene rings is 2. The topological polar surface area (TPSA) is 43.3 Å². The fourth-order valence-corrected chi connectivity index (χ4v) is 4.09. The van der Waals surface area contributed by atoms with E-state index in [1.54, 1.807) is 11.3 Å². The number of carbonyl (C=O) groups is 1. The lowest BCUT2D eigenvalue weighted by atomic mass is 10.2. The Morgan fingerprint density at radius 1 is 1.07 bits per heavy atom. The van der Waals surface area contributed by atoms with Crippen LogP contribution in [-0.4, -0.2) is 17.1 Å². The highest BCUT2D eigenvalue weighted by Crippen LogP contribution is 2.27. The summed E-state index contributed by atoms with van der Waals surface area (Å²) in [7, 11) is 0. The van der Waals surface area contributed by atoms with Crippen molar-refractivity contribution in [2.24, 2.45) is 0 Å². The largest absolute Gasteiger partial charge is 0.494 e. The van der Waals surface area contributed by atoms with E-state index in [1.165, 1.54) is 5.56 Å². The van der Waals surface area contributed by atoms with E-state index in [9.17, 15) is 4.79 Å². The van der Waals surface area contributed by atoms with Gasteiger partial charge in [-0.25, -0.2) is 0 Å². The minimum atomic E-state index is -0.107. The van der Waals surface area contributed by atoms with E-state index >= 15 is 0 Å². The third kappa shape index (κ3) is 4.51. The van der Waals surface area contributed by atoms with E-state index in [1.807, 2.05) is 48.5 Å². The number of fused-ring (bicyclic) bond motifs is 1. The van der Waals surface area contributed by atoms with Crippen LogP contribution in [0.5, 0.6) is 5.75 Å². The van der Waals surface area contributed by atoms with Crippen LogP contribution in [0, 0.1) is 0 Å². The molecule has 5 heteroatoms. The molecule has 0 atom stereocenters. The maximum atomic E-state index is 13.0. The van der Waals surface area contributed by atoms with Crippen LogP contribution in [0.1, 0.15) is 35.8 Å². The number of anilines is 1. The number of carbonyl (C=O) groups excluding carboxylic acids is 1. The Balaban J connectivity index is 1.52. The van der Waals surface area contributed by atoms with Crippen molar-refractivity contribution in [3.05, 3.63) is 83.4 Å². The number of ether oxygens (including phenoxy) is 1. The first kappa shape index (κ1) is 19.3. The van der Waals surface area contributed by atoms with Gasteiger partial charge in [0.25, 0.3) is 5.91 Å². The molecule has 2 heterocycles. The molecule has 0 aliphatic heterocycles. The quantitative estimate of drug-likeness (QED) is 0.356. The van der Waals surface area contributed by atoms with Crippen molar-refractivity contribution in [2.75, 3.05) is 11.9 Å². The molecule has 1 N–H and O–H groups in total. The molecule has 0 bridgehead atoms. The molecule has 4 aromatic rings. The second kappa shape index (κ2) is 8.97. The molecule has 29 heavy (non-hydrogen) atoms. The third-order valence-electron chi connectivity index (χ3n) is 4.82. The van der Waals surface area contributed by atoms with Crippen LogP contribution in [0.2, 0.25) is 0 Å². The summed E-state index contributed by atoms with van der Waals surface area (Å²) >= 11 is 1.65. The number of hydrogen-bond acceptors (Lipinski definition) is 3. The monoisotopic (exact) mass is 404 g/mol. The molecule has 0 unspecified atom stereocenters. The van der Waals surface area contributed by atoms with Gasteiger partial charge in [0.1, 0.15) is 11.4 Å². The smallest absolute Gasteiger partial charge is 0.272 e. The van der Waals surface area contributed by atoms with Crippen LogP contribution in [0.15, 0.2) is 72.1 Å². The Bertz CT molecular complexity index is 1080. The van der Waals surface area contributed by atoms with Gasteiger partial charge in [-0.1, -0.05) is 43.7 Å². The average Bonchev–Trinajstić information content (AvgIpc) is 3.33. The summed E-state index contributed by atoms with van der Waals surface area (Å²) in [5.74, 6) is 0.716. The van der Waals surface area contributed by atoms with Crippen molar-refractivity contribution in [1.82, 2.24) is 4.57 Å². The zero-order valence-corrected chi connectivity index (χ0v) is 17.2. The minimum Gasteiger partial charge on any atom is -0.494 e. The van der Waals surface area contributed by atoms with Crippen molar-refractivity contribution in [2.45, 2.75) is 26.3 Å². The first-order valence-electron chi connectivity index (χ1n) is 9.89. The number of amides is 1. The summed E-state index contributed by atoms with van der Waals surface area (Å²) in [5, 5.41) is 5.08. The minimum absolute atomic E-state index is 0.107. The number of unbranched alkanes of at least 4 members (excludes halogenated alkanes) is 1. The average molecular weight is 405 g/mol. The molecule has 0 spiro atoms. The van der Waals surface area contributed by atoms with Crippen molar-refractivity contribution < 1.29 is 9.53 Å². The predicted molar refractivity (Wildman–Crippen MR) is 120 cm³/mol. The van der Waals surface area contributed by atoms with Gasteiger partial charge in [0.05, 0.1) is 16.8 Å². The molecule has 1 amide bonds. The van der Waals surface area contributed by atoms with Crippen LogP contribution in [-0.2, 0) is 6.54 Å². The molecule has 0 fully saturated rings. The fourth-order valence-electron chi connectivity index (χ4n) is 3.27. The molecule has 4 rings (SSSR count). The van der Waals surface area contributed by atoms with Gasteiger partial charge in [0.2, 0.25) is 0 Å². The van der Waals surface area contributed by atoms with Gasteiger partial charge in [-0.2, -0.15) is 0 Å². The molecule has 0 saturated carbocycles. The molecular formula is C24H24N2O2S. The molecule has 0 aliphatic carbocycles. The van der Waals surface area contributed by atoms with E-state index in [4.69, 9.17) is 4.74 Å². The molecule has 0 radical (unpaired) electrons. The van der Waals surface area contributed by atoms with Gasteiger partial charge in [-0.05, 0) is 53.8 Å². The molecular weight excluding hydrogens is 380 g/mol. The van der Waals surface area contributed by atoms with Crippen molar-refractivity contribution in [3.8, 4) is 5.75 Å². The summed E-state index contributed by atoms with van der Waals surface area (Å²) in [6, 6.07) is 21.8. The summed E-state index contributed by atoms with van der Waals surface area (Å²) in [6.45, 7) is 3.51. The van der Waals surface area contributed by atoms with Crippen LogP contribution in [0.4, 0.5) is 5.69 Å². The van der Waals surface area contributed by atoms with E-state index < -0.39 is 0 Å². The SMILES string of the molecule is CCCCOc1ccc(NC(=O)c2cc3sccc3n2Cc2ccccc2)cc1. The highest BCUT2D eigenvalue weighted by Gasteiger charge is 2.17. The Morgan fingerprint density at radius 2 is 1.86 bits per heavy atom. The van der Waals surface area contributed by atoms with Gasteiger partial charge in [-0.15, -0.1) is 11.3 Å². The van der Waals surface area contributed by atoms with Gasteiger partial charge >= 0.3 is 0 Å². The molecule has 2 aromatic carbocycles. The zero-order chi connectivity index (χ0) is 20.1. The summed E-state index contributed by atoms with van der Waals surface area (Å²) in [5.41, 5.74) is 3.68. The molecule has 4 nitrogen and oxygen atoms in total. The number of nitrogens with zero attached hydrogens (tertiary/aromatic N) is 1. The van der Waals surface area contributed by atoms with Crippen LogP contribution in [0.3, 0.4) is 0 Å². The first-order chi connectivity index (χ1) is 14.2. The van der Waals surface area contributed by atoms with Gasteiger partial charge < -0.3 is 14.6 Å². The third-order valence-corrected chi connectivity index (χ3v) is 5.67. The summed E-state index contributed by atoms with van der Waals surface area (Å²) < 4.78 is 8.89. The Labute approximate surface area is 174 Å². The van der Waals surface area contributed by atoms with Crippen molar-refractivity contribution in [3.63, 3.8) is 0 Å². The number of thiophene rings is 1. The fraction of sp³-hybridized carbons (Fsp3) is 0.208. The molecule has 0 aliphatic rings. The van der Waals surface area contributed by atoms with E-state index in [-0.39, 0.29) is 5.91 Å². The second-order valence-corrected chi connectivity index (χ2v) is 7.90. The Hall–Kier alpha value is -3.05. The van der Waals surface area contributed by atoms with Crippen molar-refractivity contribution in [1.29, 1.82) is 0 Å². The van der Waals surface area contributed by atoms with E-state index in [0.29, 0.717) is 18.8 Å². The van der Waals surface area contributed by atoms with Gasteiger partial charge in [0, 0.05) is 12.2 Å². The lowest BCUT2D eigenvalue weighted by Gasteiger charge is -2.12. The summed E-state index contributed by atoms with van der Waals surface area (Å²) in [6.07, 6.45) is 2.14. The van der Waals surface area contributed by atoms with Crippen LogP contribution in [0.25, 0.3) is 10.2 Å². The highest BCUT2D eigenvalue weighted by molar-refractivity contribution is 7.17. The standard InChI is InChI=1S/C24H24N2O2S/c1-2-3-14-28-20-11-9-19(10-12-20)25-24(27)22-16-23-21(13-15-29-23)26(22)17-18-7-5-4-6-8-18/h4-13,15-16H,2-3,14,17H2,1H3,(H,25,27). The van der Waals surface area contributed by atoms with Gasteiger partial charge in [-0.3, -0.25) is 4.79 Å². The Kier molecular flexibility index (Phi) is 5.96. The maximum Gasteiger partial charge on any atom is 0.272 e. The van der Waals surface area contributed by atoms with E-state index in [0.717, 1.165) is 34.5 Å². The Morgan fingerprint density at radius 3 is 2.62 bits per heavy atom. The highest BCUT2D eigenvalue weighted by atomic mass is 32.1. The number of hydrogen-bond donors (Lipinski definition) is 1. The number of nitrogens with one attached hydrogen (secondary N) is 1. The molecule has 2 aromatic heterocycles. The number of rotatable bonds is 8. The normalized spacial score (nSPS) is 10.9. The van der Waals surface area contributed by atoms with Crippen LogP contribution < -0.4 is 10.1 Å². The van der Waals surface area contributed by atoms with Crippen molar-refractivity contribution >= 4 is 33.1 Å². The summed E-state index contributed by atoms with van der Waals surface area (Å²) in [4.78, 5) is 13.0. The lowest BCUT2D eigenvalue weighted by Crippen LogP contribution is -2.17. The second-order valence-electron chi connectivity index (χ2n) is 6.95. The zero-order valence-electron chi connectivity index (χ0n) is 16.4. The van der Waals surface area contributed by atoms with E-state index in [2.05, 4.69) is 40.4 Å². The first-order valence-corrected chi connectivity index (χ1v) is 10.8. The molecule has 148 valence electrons. The molecule has 0 saturated heterocycles. The van der Waals surface area contributed by atoms with Crippen LogP contribution >= 0.6 is 11.3 Å². The lowest BCUT2D eigenvalue weighted by molar-refractivity contribution is 0.101. The maximum absolute atomic E-state index is 13.0. The predicted octanol–water partition coefficient (Wildman–Crippen LogP) is 6.18.